The SMILES string of the molecule is CCOC(=O)CNC(=O)C(C)(CC)NC(=O)CN1C(=O)c2ccccc2C1=O. The lowest BCUT2D eigenvalue weighted by atomic mass is 9.97. The van der Waals surface area contributed by atoms with Crippen LogP contribution in [0.25, 0.3) is 0 Å². The number of hydrogen-bond donors (Lipinski definition) is 2. The predicted molar refractivity (Wildman–Crippen MR) is 98.3 cm³/mol. The number of esters is 1. The van der Waals surface area contributed by atoms with Crippen LogP contribution in [0, 0.1) is 0 Å². The highest BCUT2D eigenvalue weighted by Crippen LogP contribution is 2.22. The summed E-state index contributed by atoms with van der Waals surface area (Å²) in [6.45, 7) is 4.19. The molecule has 9 nitrogen and oxygen atoms in total. The highest BCUT2D eigenvalue weighted by atomic mass is 16.5. The van der Waals surface area contributed by atoms with Gasteiger partial charge in [-0.1, -0.05) is 19.1 Å². The maximum Gasteiger partial charge on any atom is 0.325 e. The molecule has 1 aromatic carbocycles. The Kier molecular flexibility index (Phi) is 6.50. The van der Waals surface area contributed by atoms with Crippen LogP contribution in [0.3, 0.4) is 0 Å². The number of carbonyl (C=O) groups excluding carboxylic acids is 5. The van der Waals surface area contributed by atoms with Gasteiger partial charge in [-0.05, 0) is 32.4 Å². The van der Waals surface area contributed by atoms with Crippen molar-refractivity contribution >= 4 is 29.6 Å². The Bertz CT molecular complexity index is 787. The van der Waals surface area contributed by atoms with Gasteiger partial charge in [0.15, 0.2) is 0 Å². The summed E-state index contributed by atoms with van der Waals surface area (Å²) in [6, 6.07) is 6.31. The monoisotopic (exact) mass is 389 g/mol. The molecule has 9 heteroatoms. The van der Waals surface area contributed by atoms with Crippen molar-refractivity contribution in [3.8, 4) is 0 Å². The molecular weight excluding hydrogens is 366 g/mol. The number of nitrogens with zero attached hydrogens (tertiary/aromatic N) is 1. The highest BCUT2D eigenvalue weighted by molar-refractivity contribution is 6.22. The van der Waals surface area contributed by atoms with Gasteiger partial charge in [0.1, 0.15) is 18.6 Å². The van der Waals surface area contributed by atoms with Crippen LogP contribution in [0.4, 0.5) is 0 Å². The molecule has 1 unspecified atom stereocenters. The molecule has 1 atom stereocenters. The van der Waals surface area contributed by atoms with Crippen molar-refractivity contribution in [2.24, 2.45) is 0 Å². The molecule has 1 heterocycles. The first kappa shape index (κ1) is 21.1. The largest absolute Gasteiger partial charge is 0.465 e. The third-order valence-corrected chi connectivity index (χ3v) is 4.50. The van der Waals surface area contributed by atoms with E-state index in [9.17, 15) is 24.0 Å². The molecule has 4 amide bonds. The summed E-state index contributed by atoms with van der Waals surface area (Å²) in [6.07, 6.45) is 0.232. The molecule has 0 spiro atoms. The summed E-state index contributed by atoms with van der Waals surface area (Å²) in [5.41, 5.74) is -0.834. The van der Waals surface area contributed by atoms with Gasteiger partial charge in [0.2, 0.25) is 11.8 Å². The van der Waals surface area contributed by atoms with E-state index in [2.05, 4.69) is 10.6 Å². The van der Waals surface area contributed by atoms with E-state index in [1.165, 1.54) is 19.1 Å². The third kappa shape index (κ3) is 4.36. The number of rotatable bonds is 8. The van der Waals surface area contributed by atoms with E-state index in [1.807, 2.05) is 0 Å². The first-order chi connectivity index (χ1) is 13.2. The van der Waals surface area contributed by atoms with Gasteiger partial charge in [-0.2, -0.15) is 0 Å². The summed E-state index contributed by atoms with van der Waals surface area (Å²) < 4.78 is 4.74. The van der Waals surface area contributed by atoms with Crippen LogP contribution in [-0.2, 0) is 19.1 Å². The number of imide groups is 1. The molecule has 1 aliphatic rings. The fraction of sp³-hybridized carbons (Fsp3) is 0.421. The molecule has 0 saturated heterocycles. The summed E-state index contributed by atoms with van der Waals surface area (Å²) in [5.74, 6) is -2.93. The van der Waals surface area contributed by atoms with E-state index < -0.39 is 41.7 Å². The van der Waals surface area contributed by atoms with Crippen molar-refractivity contribution in [1.82, 2.24) is 15.5 Å². The molecule has 150 valence electrons. The molecule has 1 aliphatic heterocycles. The molecule has 28 heavy (non-hydrogen) atoms. The number of ether oxygens (including phenoxy) is 1. The van der Waals surface area contributed by atoms with Crippen LogP contribution >= 0.6 is 0 Å². The minimum atomic E-state index is -1.32. The van der Waals surface area contributed by atoms with Crippen molar-refractivity contribution in [1.29, 1.82) is 0 Å². The summed E-state index contributed by atoms with van der Waals surface area (Å²) >= 11 is 0. The smallest absolute Gasteiger partial charge is 0.325 e. The summed E-state index contributed by atoms with van der Waals surface area (Å²) in [7, 11) is 0. The fourth-order valence-corrected chi connectivity index (χ4v) is 2.74. The first-order valence-corrected chi connectivity index (χ1v) is 8.93. The van der Waals surface area contributed by atoms with Gasteiger partial charge in [0, 0.05) is 0 Å². The average molecular weight is 389 g/mol. The number of nitrogens with one attached hydrogen (secondary N) is 2. The van der Waals surface area contributed by atoms with E-state index in [-0.39, 0.29) is 30.7 Å². The lowest BCUT2D eigenvalue weighted by Gasteiger charge is -2.29. The molecular formula is C19H23N3O6. The Morgan fingerprint density at radius 2 is 1.64 bits per heavy atom. The molecule has 0 bridgehead atoms. The van der Waals surface area contributed by atoms with Crippen LogP contribution in [0.15, 0.2) is 24.3 Å². The number of carbonyl (C=O) groups is 5. The zero-order valence-electron chi connectivity index (χ0n) is 16.0. The van der Waals surface area contributed by atoms with Crippen molar-refractivity contribution < 1.29 is 28.7 Å². The fourth-order valence-electron chi connectivity index (χ4n) is 2.74. The van der Waals surface area contributed by atoms with E-state index in [0.717, 1.165) is 4.90 Å². The lowest BCUT2D eigenvalue weighted by Crippen LogP contribution is -2.58. The van der Waals surface area contributed by atoms with Crippen LogP contribution in [0.1, 0.15) is 47.9 Å². The molecule has 2 rings (SSSR count). The zero-order chi connectivity index (χ0) is 20.9. The molecule has 0 radical (unpaired) electrons. The third-order valence-electron chi connectivity index (χ3n) is 4.50. The van der Waals surface area contributed by atoms with Crippen molar-refractivity contribution in [2.45, 2.75) is 32.7 Å². The second kappa shape index (κ2) is 8.64. The van der Waals surface area contributed by atoms with Crippen LogP contribution in [-0.4, -0.2) is 59.7 Å². The van der Waals surface area contributed by atoms with E-state index in [4.69, 9.17) is 4.74 Å². The number of hydrogen-bond acceptors (Lipinski definition) is 6. The van der Waals surface area contributed by atoms with E-state index >= 15 is 0 Å². The quantitative estimate of drug-likeness (QED) is 0.485. The van der Waals surface area contributed by atoms with E-state index in [0.29, 0.717) is 0 Å². The van der Waals surface area contributed by atoms with Crippen molar-refractivity contribution in [3.05, 3.63) is 35.4 Å². The maximum atomic E-state index is 12.4. The van der Waals surface area contributed by atoms with Crippen LogP contribution in [0.2, 0.25) is 0 Å². The zero-order valence-corrected chi connectivity index (χ0v) is 16.0. The molecule has 0 fully saturated rings. The Morgan fingerprint density at radius 3 is 2.14 bits per heavy atom. The molecule has 0 aromatic heterocycles. The Balaban J connectivity index is 2.00. The normalized spacial score (nSPS) is 14.9. The lowest BCUT2D eigenvalue weighted by molar-refractivity contribution is -0.144. The Morgan fingerprint density at radius 1 is 1.07 bits per heavy atom. The predicted octanol–water partition coefficient (Wildman–Crippen LogP) is 0.247. The maximum absolute atomic E-state index is 12.4. The van der Waals surface area contributed by atoms with Crippen LogP contribution < -0.4 is 10.6 Å². The topological polar surface area (TPSA) is 122 Å². The number of benzene rings is 1. The van der Waals surface area contributed by atoms with Gasteiger partial charge in [0.25, 0.3) is 11.8 Å². The van der Waals surface area contributed by atoms with Crippen molar-refractivity contribution in [2.75, 3.05) is 19.7 Å². The second-order valence-corrected chi connectivity index (χ2v) is 6.46. The molecule has 2 N–H and O–H groups in total. The van der Waals surface area contributed by atoms with Gasteiger partial charge >= 0.3 is 5.97 Å². The molecule has 0 saturated carbocycles. The van der Waals surface area contributed by atoms with Gasteiger partial charge < -0.3 is 15.4 Å². The Hall–Kier alpha value is -3.23. The number of amides is 4. The van der Waals surface area contributed by atoms with Crippen LogP contribution in [0.5, 0.6) is 0 Å². The van der Waals surface area contributed by atoms with Gasteiger partial charge in [0.05, 0.1) is 17.7 Å². The van der Waals surface area contributed by atoms with Crippen molar-refractivity contribution in [3.63, 3.8) is 0 Å². The van der Waals surface area contributed by atoms with Gasteiger partial charge in [-0.25, -0.2) is 0 Å². The summed E-state index contributed by atoms with van der Waals surface area (Å²) in [5, 5.41) is 4.96. The first-order valence-electron chi connectivity index (χ1n) is 8.93. The summed E-state index contributed by atoms with van der Waals surface area (Å²) in [4.78, 5) is 61.8. The highest BCUT2D eigenvalue weighted by Gasteiger charge is 2.38. The van der Waals surface area contributed by atoms with E-state index in [1.54, 1.807) is 26.0 Å². The molecule has 0 aliphatic carbocycles. The number of fused-ring (bicyclic) bond motifs is 1. The standard InChI is InChI=1S/C19H23N3O6/c1-4-19(3,18(27)20-10-15(24)28-5-2)21-14(23)11-22-16(25)12-8-6-7-9-13(12)17(22)26/h6-9H,4-5,10-11H2,1-3H3,(H,20,27)(H,21,23). The Labute approximate surface area is 162 Å². The second-order valence-electron chi connectivity index (χ2n) is 6.46. The average Bonchev–Trinajstić information content (AvgIpc) is 2.91. The minimum Gasteiger partial charge on any atom is -0.465 e. The van der Waals surface area contributed by atoms with Gasteiger partial charge in [-0.15, -0.1) is 0 Å². The molecule has 1 aromatic rings. The minimum absolute atomic E-state index is 0.191. The van der Waals surface area contributed by atoms with Gasteiger partial charge in [-0.3, -0.25) is 28.9 Å².